The second-order valence-corrected chi connectivity index (χ2v) is 11.6. The smallest absolute Gasteiger partial charge is 0.0279 e. The fourth-order valence-electron chi connectivity index (χ4n) is 4.81. The molecule has 0 saturated heterocycles. The van der Waals surface area contributed by atoms with E-state index >= 15 is 0 Å². The van der Waals surface area contributed by atoms with Crippen LogP contribution < -0.4 is 0 Å². The molecule has 0 N–H and O–H groups in total. The second kappa shape index (κ2) is 20.8. The molecule has 0 bridgehead atoms. The van der Waals surface area contributed by atoms with Gasteiger partial charge in [-0.05, 0) is 30.2 Å². The molecule has 0 amide bonds. The number of unbranched alkanes of at least 4 members (excludes halogenated alkanes) is 19. The molecule has 0 nitrogen and oxygen atoms in total. The summed E-state index contributed by atoms with van der Waals surface area (Å²) < 4.78 is 0. The van der Waals surface area contributed by atoms with Gasteiger partial charge in [-0.3, -0.25) is 0 Å². The molecule has 0 unspecified atom stereocenters. The largest absolute Gasteiger partial charge is 0.0622 e. The van der Waals surface area contributed by atoms with Crippen LogP contribution in [0.15, 0.2) is 30.3 Å². The van der Waals surface area contributed by atoms with E-state index in [2.05, 4.69) is 51.1 Å². The highest BCUT2D eigenvalue weighted by molar-refractivity contribution is 5.14. The Morgan fingerprint density at radius 3 is 1.06 bits per heavy atom. The second-order valence-electron chi connectivity index (χ2n) is 11.6. The minimum absolute atomic E-state index is 0.531. The zero-order chi connectivity index (χ0) is 23.2. The van der Waals surface area contributed by atoms with Crippen LogP contribution in [0.2, 0.25) is 0 Å². The van der Waals surface area contributed by atoms with Gasteiger partial charge in [0.25, 0.3) is 0 Å². The van der Waals surface area contributed by atoms with E-state index in [1.165, 1.54) is 147 Å². The van der Waals surface area contributed by atoms with E-state index in [1.807, 2.05) is 0 Å². The van der Waals surface area contributed by atoms with Crippen molar-refractivity contribution in [2.24, 2.45) is 5.41 Å². The highest BCUT2D eigenvalue weighted by Gasteiger charge is 2.08. The van der Waals surface area contributed by atoms with Crippen LogP contribution in [0.3, 0.4) is 0 Å². The van der Waals surface area contributed by atoms with Crippen molar-refractivity contribution in [3.05, 3.63) is 35.9 Å². The molecule has 0 aromatic heterocycles. The number of benzene rings is 1. The topological polar surface area (TPSA) is 0 Å². The monoisotopic (exact) mass is 442 g/mol. The third-order valence-corrected chi connectivity index (χ3v) is 6.99. The Morgan fingerprint density at radius 2 is 0.719 bits per heavy atom. The molecular formula is C32H58. The highest BCUT2D eigenvalue weighted by Crippen LogP contribution is 2.22. The van der Waals surface area contributed by atoms with Crippen molar-refractivity contribution in [2.75, 3.05) is 0 Å². The maximum Gasteiger partial charge on any atom is -0.0279 e. The van der Waals surface area contributed by atoms with Gasteiger partial charge < -0.3 is 0 Å². The third-order valence-electron chi connectivity index (χ3n) is 6.99. The van der Waals surface area contributed by atoms with Gasteiger partial charge in [0.1, 0.15) is 0 Å². The summed E-state index contributed by atoms with van der Waals surface area (Å²) in [6.07, 6.45) is 31.8. The van der Waals surface area contributed by atoms with Crippen LogP contribution in [0.5, 0.6) is 0 Å². The van der Waals surface area contributed by atoms with Gasteiger partial charge in [0.2, 0.25) is 0 Å². The van der Waals surface area contributed by atoms with Gasteiger partial charge in [0.05, 0.1) is 0 Å². The average molecular weight is 443 g/mol. The number of aryl methyl sites for hydroxylation is 1. The average Bonchev–Trinajstić information content (AvgIpc) is 2.77. The molecule has 0 spiro atoms. The summed E-state index contributed by atoms with van der Waals surface area (Å²) in [6, 6.07) is 11.0. The normalized spacial score (nSPS) is 11.8. The van der Waals surface area contributed by atoms with Crippen molar-refractivity contribution in [3.63, 3.8) is 0 Å². The summed E-state index contributed by atoms with van der Waals surface area (Å²) in [5.41, 5.74) is 2.04. The predicted molar refractivity (Wildman–Crippen MR) is 147 cm³/mol. The molecule has 186 valence electrons. The predicted octanol–water partition coefficient (Wildman–Crippen LogP) is 11.5. The molecule has 0 atom stereocenters. The maximum atomic E-state index is 2.37. The Bertz CT molecular complexity index is 481. The standard InChI is InChI=1S/C32H58/c1-32(2,3)30-26-21-19-17-15-13-11-9-7-5-4-6-8-10-12-14-16-18-20-23-27-31-28-24-22-25-29-31/h22,24-25,28-29H,4-21,23,26-27,30H2,1-3H3. The molecule has 0 fully saturated rings. The quantitative estimate of drug-likeness (QED) is 0.157. The molecule has 0 heteroatoms. The summed E-state index contributed by atoms with van der Waals surface area (Å²) in [5, 5.41) is 0. The van der Waals surface area contributed by atoms with Crippen LogP contribution in [0.1, 0.15) is 161 Å². The van der Waals surface area contributed by atoms with Gasteiger partial charge in [0, 0.05) is 0 Å². The Labute approximate surface area is 203 Å². The fourth-order valence-corrected chi connectivity index (χ4v) is 4.81. The number of rotatable bonds is 22. The minimum Gasteiger partial charge on any atom is -0.0622 e. The summed E-state index contributed by atoms with van der Waals surface area (Å²) in [4.78, 5) is 0. The summed E-state index contributed by atoms with van der Waals surface area (Å²) in [6.45, 7) is 7.10. The Kier molecular flexibility index (Phi) is 19.0. The first-order chi connectivity index (χ1) is 15.6. The first-order valence-electron chi connectivity index (χ1n) is 14.6. The van der Waals surface area contributed by atoms with E-state index in [1.54, 1.807) is 0 Å². The SMILES string of the molecule is CC(C)(C)CCCCCCCCCCCCCCCCCCCCCCc1ccccc1. The lowest BCUT2D eigenvalue weighted by Crippen LogP contribution is -2.03. The molecule has 0 aliphatic rings. The van der Waals surface area contributed by atoms with Crippen molar-refractivity contribution in [1.29, 1.82) is 0 Å². The van der Waals surface area contributed by atoms with E-state index < -0.39 is 0 Å². The van der Waals surface area contributed by atoms with Crippen LogP contribution in [0, 0.1) is 5.41 Å². The molecule has 0 heterocycles. The van der Waals surface area contributed by atoms with Gasteiger partial charge >= 0.3 is 0 Å². The lowest BCUT2D eigenvalue weighted by molar-refractivity contribution is 0.356. The first-order valence-corrected chi connectivity index (χ1v) is 14.6. The van der Waals surface area contributed by atoms with Gasteiger partial charge in [-0.25, -0.2) is 0 Å². The van der Waals surface area contributed by atoms with Gasteiger partial charge in [-0.1, -0.05) is 173 Å². The lowest BCUT2D eigenvalue weighted by atomic mass is 9.89. The van der Waals surface area contributed by atoms with Crippen LogP contribution in [0.4, 0.5) is 0 Å². The molecule has 32 heavy (non-hydrogen) atoms. The van der Waals surface area contributed by atoms with Crippen LogP contribution in [-0.2, 0) is 6.42 Å². The summed E-state index contributed by atoms with van der Waals surface area (Å²) >= 11 is 0. The third kappa shape index (κ3) is 21.1. The van der Waals surface area contributed by atoms with Crippen LogP contribution in [0.25, 0.3) is 0 Å². The number of hydrogen-bond acceptors (Lipinski definition) is 0. The van der Waals surface area contributed by atoms with Crippen molar-refractivity contribution < 1.29 is 0 Å². The van der Waals surface area contributed by atoms with Crippen molar-refractivity contribution >= 4 is 0 Å². The van der Waals surface area contributed by atoms with E-state index in [0.717, 1.165) is 0 Å². The van der Waals surface area contributed by atoms with E-state index in [4.69, 9.17) is 0 Å². The van der Waals surface area contributed by atoms with E-state index in [0.29, 0.717) is 5.41 Å². The van der Waals surface area contributed by atoms with Gasteiger partial charge in [-0.2, -0.15) is 0 Å². The Morgan fingerprint density at radius 1 is 0.406 bits per heavy atom. The highest BCUT2D eigenvalue weighted by atomic mass is 14.1. The Balaban J connectivity index is 1.67. The lowest BCUT2D eigenvalue weighted by Gasteiger charge is -2.17. The van der Waals surface area contributed by atoms with Crippen molar-refractivity contribution in [2.45, 2.75) is 162 Å². The molecule has 0 aliphatic carbocycles. The zero-order valence-corrected chi connectivity index (χ0v) is 22.4. The van der Waals surface area contributed by atoms with Crippen molar-refractivity contribution in [3.8, 4) is 0 Å². The molecule has 1 rings (SSSR count). The molecule has 0 aliphatic heterocycles. The minimum atomic E-state index is 0.531. The first kappa shape index (κ1) is 29.3. The molecule has 0 saturated carbocycles. The van der Waals surface area contributed by atoms with Crippen LogP contribution in [-0.4, -0.2) is 0 Å². The molecule has 1 aromatic carbocycles. The molecular weight excluding hydrogens is 384 g/mol. The van der Waals surface area contributed by atoms with Gasteiger partial charge in [0.15, 0.2) is 0 Å². The molecule has 1 aromatic rings. The summed E-state index contributed by atoms with van der Waals surface area (Å²) in [7, 11) is 0. The van der Waals surface area contributed by atoms with E-state index in [9.17, 15) is 0 Å². The van der Waals surface area contributed by atoms with E-state index in [-0.39, 0.29) is 0 Å². The van der Waals surface area contributed by atoms with Crippen molar-refractivity contribution in [1.82, 2.24) is 0 Å². The van der Waals surface area contributed by atoms with Gasteiger partial charge in [-0.15, -0.1) is 0 Å². The zero-order valence-electron chi connectivity index (χ0n) is 22.4. The maximum absolute atomic E-state index is 2.37. The molecule has 0 radical (unpaired) electrons. The number of hydrogen-bond donors (Lipinski definition) is 0. The van der Waals surface area contributed by atoms with Crippen LogP contribution >= 0.6 is 0 Å². The Hall–Kier alpha value is -0.780. The fraction of sp³-hybridized carbons (Fsp3) is 0.812. The summed E-state index contributed by atoms with van der Waals surface area (Å²) in [5.74, 6) is 0.